The number of rotatable bonds is 15. The molecule has 16 N–H and O–H groups in total. The van der Waals surface area contributed by atoms with Crippen LogP contribution in [0.3, 0.4) is 0 Å². The first-order chi connectivity index (χ1) is 40.1. The molecule has 0 spiro atoms. The van der Waals surface area contributed by atoms with Crippen molar-refractivity contribution in [2.24, 2.45) is 0 Å². The number of carboxylic acids is 1. The molecular formula is C54H37NO30. The summed E-state index contributed by atoms with van der Waals surface area (Å²) in [6.07, 6.45) is 1.03. The number of benzene rings is 7. The van der Waals surface area contributed by atoms with Gasteiger partial charge < -0.3 is 115 Å². The molecule has 1 fully saturated rings. The Kier molecular flexibility index (Phi) is 16.0. The third-order valence-corrected chi connectivity index (χ3v) is 11.8. The SMILES string of the molecule is O=C(O)c1cc(O)c(O)c(OC(=O)c2cc(O)c(O)c(OC(=O)c3cc(O)c(O)c(OC(=O)c4cc(O)c(O)c(OC(=O)c5cc(O)c(O)c(OC(=O)c6cc(O)c(O)c(OC(=O)c7cc(O)c(O)c(OC(=O)C8CCCN8)c7)c6)c5)c4)c3)c2)c1. The molecule has 0 aliphatic carbocycles. The molecule has 1 unspecified atom stereocenters. The number of phenolic OH excluding ortho intramolecular Hbond substituents is 14. The highest BCUT2D eigenvalue weighted by Gasteiger charge is 2.30. The minimum Gasteiger partial charge on any atom is -0.504 e. The molecule has 438 valence electrons. The van der Waals surface area contributed by atoms with Crippen molar-refractivity contribution in [3.8, 4) is 121 Å². The molecular weight excluding hydrogens is 1140 g/mol. The topological polar surface area (TPSA) is 517 Å². The van der Waals surface area contributed by atoms with Gasteiger partial charge in [0.25, 0.3) is 0 Å². The van der Waals surface area contributed by atoms with Crippen molar-refractivity contribution in [3.05, 3.63) is 124 Å². The van der Waals surface area contributed by atoms with Crippen LogP contribution in [0.5, 0.6) is 121 Å². The molecule has 1 saturated heterocycles. The van der Waals surface area contributed by atoms with Crippen LogP contribution in [0.1, 0.15) is 85.3 Å². The summed E-state index contributed by atoms with van der Waals surface area (Å²) >= 11 is 0. The molecule has 1 heterocycles. The van der Waals surface area contributed by atoms with Crippen LogP contribution in [0, 0.1) is 0 Å². The van der Waals surface area contributed by atoms with Crippen molar-refractivity contribution < 1.29 is 148 Å². The first-order valence-corrected chi connectivity index (χ1v) is 23.5. The van der Waals surface area contributed by atoms with Crippen LogP contribution in [0.4, 0.5) is 0 Å². The van der Waals surface area contributed by atoms with Crippen LogP contribution in [0.2, 0.25) is 0 Å². The molecule has 1 aliphatic heterocycles. The average molecular weight is 1180 g/mol. The number of carbonyl (C=O) groups is 8. The maximum absolute atomic E-state index is 13.5. The number of carboxylic acid groups (broad SMARTS) is 1. The van der Waals surface area contributed by atoms with E-state index in [2.05, 4.69) is 5.32 Å². The predicted octanol–water partition coefficient (Wildman–Crippen LogP) is 4.24. The zero-order chi connectivity index (χ0) is 62.0. The fraction of sp³-hybridized carbons (Fsp3) is 0.0741. The zero-order valence-corrected chi connectivity index (χ0v) is 42.1. The number of hydrogen-bond acceptors (Lipinski definition) is 30. The highest BCUT2D eigenvalue weighted by molar-refractivity contribution is 6.00. The molecule has 0 saturated carbocycles. The van der Waals surface area contributed by atoms with Gasteiger partial charge in [-0.2, -0.15) is 0 Å². The first kappa shape index (κ1) is 58.6. The summed E-state index contributed by atoms with van der Waals surface area (Å²) in [5, 5.41) is 158. The molecule has 1 atom stereocenters. The van der Waals surface area contributed by atoms with Crippen molar-refractivity contribution in [3.63, 3.8) is 0 Å². The van der Waals surface area contributed by atoms with Crippen molar-refractivity contribution in [1.82, 2.24) is 5.32 Å². The molecule has 0 bridgehead atoms. The Morgan fingerprint density at radius 1 is 0.306 bits per heavy atom. The Hall–Kier alpha value is -12.5. The van der Waals surface area contributed by atoms with Gasteiger partial charge in [0.2, 0.25) is 40.2 Å². The fourth-order valence-corrected chi connectivity index (χ4v) is 7.55. The van der Waals surface area contributed by atoms with E-state index in [0.717, 1.165) is 6.07 Å². The number of esters is 7. The Morgan fingerprint density at radius 3 is 0.706 bits per heavy atom. The summed E-state index contributed by atoms with van der Waals surface area (Å²) in [6, 6.07) is 7.72. The van der Waals surface area contributed by atoms with Gasteiger partial charge in [0.15, 0.2) is 80.5 Å². The molecule has 85 heavy (non-hydrogen) atoms. The van der Waals surface area contributed by atoms with Gasteiger partial charge in [-0.25, -0.2) is 38.4 Å². The fourth-order valence-electron chi connectivity index (χ4n) is 7.55. The largest absolute Gasteiger partial charge is 0.504 e. The average Bonchev–Trinajstić information content (AvgIpc) is 2.79. The zero-order valence-electron chi connectivity index (χ0n) is 42.1. The third-order valence-electron chi connectivity index (χ3n) is 11.8. The van der Waals surface area contributed by atoms with E-state index in [4.69, 9.17) is 33.2 Å². The van der Waals surface area contributed by atoms with Gasteiger partial charge in [-0.15, -0.1) is 0 Å². The van der Waals surface area contributed by atoms with Gasteiger partial charge in [0.1, 0.15) is 6.04 Å². The minimum absolute atomic E-state index is 0.391. The van der Waals surface area contributed by atoms with Gasteiger partial charge >= 0.3 is 47.8 Å². The summed E-state index contributed by atoms with van der Waals surface area (Å²) in [4.78, 5) is 104. The molecule has 1 aliphatic rings. The molecule has 0 amide bonds. The number of hydrogen-bond donors (Lipinski definition) is 16. The molecule has 0 aromatic heterocycles. The van der Waals surface area contributed by atoms with E-state index in [9.17, 15) is 115 Å². The summed E-state index contributed by atoms with van der Waals surface area (Å²) in [5.74, 6) is -34.0. The third kappa shape index (κ3) is 12.4. The Morgan fingerprint density at radius 2 is 0.506 bits per heavy atom. The monoisotopic (exact) mass is 1180 g/mol. The first-order valence-electron chi connectivity index (χ1n) is 23.5. The molecule has 8 rings (SSSR count). The Bertz CT molecular complexity index is 4010. The van der Waals surface area contributed by atoms with Crippen LogP contribution in [-0.2, 0) is 4.79 Å². The quantitative estimate of drug-likeness (QED) is 0.0388. The van der Waals surface area contributed by atoms with Crippen LogP contribution in [0.25, 0.3) is 0 Å². The van der Waals surface area contributed by atoms with Gasteiger partial charge in [0.05, 0.1) is 38.9 Å². The van der Waals surface area contributed by atoms with Gasteiger partial charge in [-0.1, -0.05) is 0 Å². The maximum atomic E-state index is 13.5. The summed E-state index contributed by atoms with van der Waals surface area (Å²) in [6.45, 7) is 0.497. The Balaban J connectivity index is 0.960. The maximum Gasteiger partial charge on any atom is 0.343 e. The minimum atomic E-state index is -1.61. The summed E-state index contributed by atoms with van der Waals surface area (Å²) < 4.78 is 35.5. The molecule has 31 heteroatoms. The lowest BCUT2D eigenvalue weighted by molar-refractivity contribution is -0.136. The van der Waals surface area contributed by atoms with Gasteiger partial charge in [-0.3, -0.25) is 0 Å². The molecule has 7 aromatic rings. The van der Waals surface area contributed by atoms with Crippen molar-refractivity contribution >= 4 is 47.8 Å². The number of carbonyl (C=O) groups excluding carboxylic acids is 7. The standard InChI is InChI=1S/C54H37NO30/c56-26-4-18(47(70)71)11-33(40(26)63)79-48(72)19-5-27(57)41(64)34(12-19)80-49(73)20-6-28(58)42(65)35(13-20)81-50(74)21-7-29(59)43(66)36(14-21)82-51(75)22-8-30(60)44(67)37(15-22)83-52(76)23-9-31(61)45(68)38(16-23)84-53(77)24-10-32(62)46(69)39(17-24)85-54(78)25-2-1-3-55-25/h4-17,25,55-69H,1-3H2,(H,70,71). The van der Waals surface area contributed by atoms with E-state index < -0.39 is 213 Å². The molecule has 31 nitrogen and oxygen atoms in total. The van der Waals surface area contributed by atoms with E-state index in [1.807, 2.05) is 0 Å². The van der Waals surface area contributed by atoms with E-state index in [-0.39, 0.29) is 0 Å². The lowest BCUT2D eigenvalue weighted by Crippen LogP contribution is -2.34. The van der Waals surface area contributed by atoms with E-state index >= 15 is 0 Å². The lowest BCUT2D eigenvalue weighted by Gasteiger charge is -2.14. The normalized spacial score (nSPS) is 12.5. The summed E-state index contributed by atoms with van der Waals surface area (Å²) in [5.41, 5.74) is -5.12. The van der Waals surface area contributed by atoms with E-state index in [0.29, 0.717) is 98.2 Å². The lowest BCUT2D eigenvalue weighted by atomic mass is 10.1. The van der Waals surface area contributed by atoms with Crippen molar-refractivity contribution in [2.45, 2.75) is 18.9 Å². The highest BCUT2D eigenvalue weighted by atomic mass is 16.6. The second kappa shape index (κ2) is 23.3. The van der Waals surface area contributed by atoms with Crippen LogP contribution in [-0.4, -0.2) is 137 Å². The van der Waals surface area contributed by atoms with E-state index in [1.165, 1.54) is 0 Å². The van der Waals surface area contributed by atoms with Crippen LogP contribution >= 0.6 is 0 Å². The molecule has 7 aromatic carbocycles. The number of aromatic carboxylic acids is 1. The smallest absolute Gasteiger partial charge is 0.343 e. The van der Waals surface area contributed by atoms with Gasteiger partial charge in [-0.05, 0) is 104 Å². The van der Waals surface area contributed by atoms with Crippen LogP contribution < -0.4 is 38.5 Å². The highest BCUT2D eigenvalue weighted by Crippen LogP contribution is 2.45. The van der Waals surface area contributed by atoms with Gasteiger partial charge in [0, 0.05) is 0 Å². The van der Waals surface area contributed by atoms with Crippen molar-refractivity contribution in [2.75, 3.05) is 6.54 Å². The predicted molar refractivity (Wildman–Crippen MR) is 272 cm³/mol. The Labute approximate surface area is 470 Å². The molecule has 0 radical (unpaired) electrons. The van der Waals surface area contributed by atoms with Crippen LogP contribution in [0.15, 0.2) is 84.9 Å². The second-order valence-corrected chi connectivity index (χ2v) is 17.6. The number of nitrogens with one attached hydrogen (secondary N) is 1. The van der Waals surface area contributed by atoms with E-state index in [1.54, 1.807) is 0 Å². The second-order valence-electron chi connectivity index (χ2n) is 17.6. The number of phenols is 14. The number of aromatic hydroxyl groups is 14. The number of ether oxygens (including phenoxy) is 7. The summed E-state index contributed by atoms with van der Waals surface area (Å²) in [7, 11) is 0. The van der Waals surface area contributed by atoms with Crippen molar-refractivity contribution in [1.29, 1.82) is 0 Å².